The smallest absolute Gasteiger partial charge is 0.213 e. The molecule has 26 heavy (non-hydrogen) atoms. The largest absolute Gasteiger partial charge is 0.475 e. The monoisotopic (exact) mass is 360 g/mol. The Kier molecular flexibility index (Phi) is 8.89. The highest BCUT2D eigenvalue weighted by Crippen LogP contribution is 2.15. The third-order valence-electron chi connectivity index (χ3n) is 3.71. The normalized spacial score (nSPS) is 12.1. The molecular formula is C20H28N2O4. The number of nitrogens with zero attached hydrogens (tertiary/aromatic N) is 1. The van der Waals surface area contributed by atoms with Crippen molar-refractivity contribution >= 4 is 5.69 Å². The molecule has 0 bridgehead atoms. The van der Waals surface area contributed by atoms with E-state index in [1.54, 1.807) is 6.20 Å². The van der Waals surface area contributed by atoms with Crippen LogP contribution in [0, 0.1) is 6.92 Å². The summed E-state index contributed by atoms with van der Waals surface area (Å²) in [6.45, 7) is 7.06. The molecule has 2 rings (SSSR count). The number of aromatic nitrogens is 1. The number of hydrogen-bond acceptors (Lipinski definition) is 6. The lowest BCUT2D eigenvalue weighted by molar-refractivity contribution is -0.0203. The molecule has 0 aliphatic heterocycles. The second-order valence-electron chi connectivity index (χ2n) is 6.02. The third kappa shape index (κ3) is 7.82. The molecule has 1 aromatic carbocycles. The van der Waals surface area contributed by atoms with Crippen molar-refractivity contribution in [3.63, 3.8) is 0 Å². The maximum Gasteiger partial charge on any atom is 0.213 e. The Hall–Kier alpha value is -2.15. The van der Waals surface area contributed by atoms with Crippen molar-refractivity contribution in [2.75, 3.05) is 38.8 Å². The second kappa shape index (κ2) is 11.5. The van der Waals surface area contributed by atoms with Crippen LogP contribution in [0.3, 0.4) is 0 Å². The molecule has 2 N–H and O–H groups in total. The van der Waals surface area contributed by atoms with E-state index in [0.717, 1.165) is 11.1 Å². The average molecular weight is 360 g/mol. The first kappa shape index (κ1) is 20.2. The van der Waals surface area contributed by atoms with Gasteiger partial charge in [-0.05, 0) is 25.0 Å². The summed E-state index contributed by atoms with van der Waals surface area (Å²) in [4.78, 5) is 4.13. The third-order valence-corrected chi connectivity index (χ3v) is 3.71. The van der Waals surface area contributed by atoms with Gasteiger partial charge < -0.3 is 24.7 Å². The molecular weight excluding hydrogens is 332 g/mol. The molecule has 0 amide bonds. The number of rotatable bonds is 12. The van der Waals surface area contributed by atoms with Gasteiger partial charge in [0.2, 0.25) is 5.88 Å². The van der Waals surface area contributed by atoms with Gasteiger partial charge in [-0.25, -0.2) is 4.98 Å². The van der Waals surface area contributed by atoms with E-state index < -0.39 is 0 Å². The van der Waals surface area contributed by atoms with Crippen molar-refractivity contribution in [3.8, 4) is 5.88 Å². The molecule has 142 valence electrons. The van der Waals surface area contributed by atoms with Crippen LogP contribution in [0.2, 0.25) is 0 Å². The van der Waals surface area contributed by atoms with Crippen molar-refractivity contribution in [2.45, 2.75) is 26.6 Å². The Morgan fingerprint density at radius 2 is 1.77 bits per heavy atom. The summed E-state index contributed by atoms with van der Waals surface area (Å²) in [5.41, 5.74) is 8.50. The van der Waals surface area contributed by atoms with Crippen molar-refractivity contribution in [2.24, 2.45) is 0 Å². The highest BCUT2D eigenvalue weighted by Gasteiger charge is 2.05. The maximum atomic E-state index is 5.73. The Balaban J connectivity index is 1.45. The molecule has 0 aliphatic carbocycles. The molecule has 1 heterocycles. The first-order valence-electron chi connectivity index (χ1n) is 8.81. The fourth-order valence-electron chi connectivity index (χ4n) is 2.16. The molecule has 0 aliphatic rings. The van der Waals surface area contributed by atoms with E-state index in [1.165, 1.54) is 0 Å². The van der Waals surface area contributed by atoms with E-state index in [-0.39, 0.29) is 6.10 Å². The maximum absolute atomic E-state index is 5.73. The second-order valence-corrected chi connectivity index (χ2v) is 6.02. The minimum absolute atomic E-state index is 0.0485. The van der Waals surface area contributed by atoms with Gasteiger partial charge in [0.15, 0.2) is 0 Å². The molecule has 6 heteroatoms. The number of nitrogen functional groups attached to an aromatic ring is 1. The molecule has 1 aromatic heterocycles. The lowest BCUT2D eigenvalue weighted by atomic mass is 10.2. The topological polar surface area (TPSA) is 75.8 Å². The van der Waals surface area contributed by atoms with Crippen LogP contribution < -0.4 is 10.5 Å². The predicted molar refractivity (Wildman–Crippen MR) is 101 cm³/mol. The fraction of sp³-hybridized carbons (Fsp3) is 0.450. The molecule has 0 fully saturated rings. The first-order chi connectivity index (χ1) is 12.6. The zero-order valence-electron chi connectivity index (χ0n) is 15.5. The molecule has 0 spiro atoms. The number of ether oxygens (including phenoxy) is 4. The summed E-state index contributed by atoms with van der Waals surface area (Å²) in [6.07, 6.45) is 1.55. The Morgan fingerprint density at radius 3 is 2.54 bits per heavy atom. The number of pyridine rings is 1. The first-order valence-corrected chi connectivity index (χ1v) is 8.81. The average Bonchev–Trinajstić information content (AvgIpc) is 2.65. The summed E-state index contributed by atoms with van der Waals surface area (Å²) in [7, 11) is 0. The highest BCUT2D eigenvalue weighted by atomic mass is 16.6. The van der Waals surface area contributed by atoms with Crippen molar-refractivity contribution < 1.29 is 18.9 Å². The number of aryl methyl sites for hydroxylation is 1. The number of nitrogens with two attached hydrogens (primary N) is 1. The van der Waals surface area contributed by atoms with Gasteiger partial charge in [-0.3, -0.25) is 0 Å². The highest BCUT2D eigenvalue weighted by molar-refractivity contribution is 5.45. The van der Waals surface area contributed by atoms with Crippen molar-refractivity contribution in [1.29, 1.82) is 0 Å². The zero-order valence-corrected chi connectivity index (χ0v) is 15.5. The molecule has 1 unspecified atom stereocenters. The van der Waals surface area contributed by atoms with Crippen LogP contribution in [0.25, 0.3) is 0 Å². The van der Waals surface area contributed by atoms with Crippen LogP contribution >= 0.6 is 0 Å². The van der Waals surface area contributed by atoms with Crippen LogP contribution in [-0.2, 0) is 20.8 Å². The summed E-state index contributed by atoms with van der Waals surface area (Å²) < 4.78 is 22.3. The van der Waals surface area contributed by atoms with Crippen LogP contribution in [0.4, 0.5) is 5.69 Å². The van der Waals surface area contributed by atoms with Crippen molar-refractivity contribution in [1.82, 2.24) is 4.98 Å². The lowest BCUT2D eigenvalue weighted by Crippen LogP contribution is -2.21. The Labute approximate surface area is 155 Å². The molecule has 1 atom stereocenters. The standard InChI is InChI=1S/C20H28N2O4/c1-16-12-20(22-13-19(16)21)26-14-17(2)25-11-10-23-8-9-24-15-18-6-4-3-5-7-18/h3-7,12-13,17H,8-11,14-15,21H2,1-2H3. The van der Waals surface area contributed by atoms with Gasteiger partial charge in [0, 0.05) is 6.07 Å². The van der Waals surface area contributed by atoms with Gasteiger partial charge in [0.05, 0.1) is 51.0 Å². The summed E-state index contributed by atoms with van der Waals surface area (Å²) in [5, 5.41) is 0. The quantitative estimate of drug-likeness (QED) is 0.587. The fourth-order valence-corrected chi connectivity index (χ4v) is 2.16. The molecule has 2 aromatic rings. The van der Waals surface area contributed by atoms with Gasteiger partial charge in [-0.1, -0.05) is 30.3 Å². The van der Waals surface area contributed by atoms with Gasteiger partial charge in [0.1, 0.15) is 6.61 Å². The Morgan fingerprint density at radius 1 is 1.04 bits per heavy atom. The van der Waals surface area contributed by atoms with E-state index >= 15 is 0 Å². The summed E-state index contributed by atoms with van der Waals surface area (Å²) >= 11 is 0. The van der Waals surface area contributed by atoms with E-state index in [2.05, 4.69) is 4.98 Å². The molecule has 0 saturated heterocycles. The number of hydrogen-bond donors (Lipinski definition) is 1. The van der Waals surface area contributed by atoms with Crippen LogP contribution in [0.5, 0.6) is 5.88 Å². The van der Waals surface area contributed by atoms with Crippen LogP contribution in [0.15, 0.2) is 42.6 Å². The van der Waals surface area contributed by atoms with E-state index in [1.807, 2.05) is 50.2 Å². The van der Waals surface area contributed by atoms with Gasteiger partial charge in [0.25, 0.3) is 0 Å². The van der Waals surface area contributed by atoms with Gasteiger partial charge in [-0.15, -0.1) is 0 Å². The van der Waals surface area contributed by atoms with E-state index in [9.17, 15) is 0 Å². The van der Waals surface area contributed by atoms with E-state index in [4.69, 9.17) is 24.7 Å². The molecule has 0 saturated carbocycles. The summed E-state index contributed by atoms with van der Waals surface area (Å²) in [6, 6.07) is 11.9. The number of anilines is 1. The number of benzene rings is 1. The van der Waals surface area contributed by atoms with Crippen LogP contribution in [0.1, 0.15) is 18.1 Å². The van der Waals surface area contributed by atoms with Crippen molar-refractivity contribution in [3.05, 3.63) is 53.7 Å². The predicted octanol–water partition coefficient (Wildman–Crippen LogP) is 2.99. The zero-order chi connectivity index (χ0) is 18.6. The Bertz CT molecular complexity index is 637. The van der Waals surface area contributed by atoms with E-state index in [0.29, 0.717) is 51.2 Å². The summed E-state index contributed by atoms with van der Waals surface area (Å²) in [5.74, 6) is 0.555. The minimum Gasteiger partial charge on any atom is -0.475 e. The molecule has 0 radical (unpaired) electrons. The lowest BCUT2D eigenvalue weighted by Gasteiger charge is -2.14. The van der Waals surface area contributed by atoms with Gasteiger partial charge in [-0.2, -0.15) is 0 Å². The minimum atomic E-state index is -0.0485. The van der Waals surface area contributed by atoms with Gasteiger partial charge >= 0.3 is 0 Å². The van der Waals surface area contributed by atoms with Crippen LogP contribution in [-0.4, -0.2) is 44.1 Å². The SMILES string of the molecule is Cc1cc(OCC(C)OCCOCCOCc2ccccc2)ncc1N. The molecule has 6 nitrogen and oxygen atoms in total.